The molecule has 1 aliphatic heterocycles. The molecule has 0 atom stereocenters. The first-order valence-electron chi connectivity index (χ1n) is 7.12. The Morgan fingerprint density at radius 2 is 1.74 bits per heavy atom. The lowest BCUT2D eigenvalue weighted by atomic mass is 10.2. The van der Waals surface area contributed by atoms with Gasteiger partial charge in [-0.25, -0.2) is 0 Å². The highest BCUT2D eigenvalue weighted by molar-refractivity contribution is 5.92. The monoisotopic (exact) mass is 317 g/mol. The third-order valence-corrected chi connectivity index (χ3v) is 3.76. The highest BCUT2D eigenvalue weighted by atomic mass is 16.6. The molecule has 1 aromatic heterocycles. The van der Waals surface area contributed by atoms with Crippen LogP contribution in [0, 0.1) is 10.1 Å². The van der Waals surface area contributed by atoms with E-state index in [1.807, 2.05) is 12.1 Å². The maximum Gasteiger partial charge on any atom is 0.433 e. The first kappa shape index (κ1) is 14.9. The number of nitro groups is 1. The molecule has 120 valence electrons. The third-order valence-electron chi connectivity index (χ3n) is 3.76. The molecule has 1 aromatic carbocycles. The zero-order valence-corrected chi connectivity index (χ0v) is 12.2. The van der Waals surface area contributed by atoms with Crippen LogP contribution in [0.25, 0.3) is 0 Å². The van der Waals surface area contributed by atoms with Gasteiger partial charge in [-0.1, -0.05) is 0 Å². The average Bonchev–Trinajstić information content (AvgIpc) is 3.05. The Balaban J connectivity index is 1.62. The van der Waals surface area contributed by atoms with Crippen LogP contribution in [0.4, 0.5) is 11.6 Å². The van der Waals surface area contributed by atoms with E-state index < -0.39 is 10.8 Å². The Hall–Kier alpha value is -3.03. The Bertz CT molecular complexity index is 717. The van der Waals surface area contributed by atoms with E-state index in [1.54, 1.807) is 17.0 Å². The molecule has 2 aromatic rings. The molecule has 0 radical (unpaired) electrons. The standard InChI is InChI=1S/C15H15N3O5/c19-12-3-1-11(2-4-12)16-7-9-17(10-8-16)15(20)13-5-6-14(23-13)18(21)22/h1-6,19H,7-10H2. The van der Waals surface area contributed by atoms with E-state index in [0.717, 1.165) is 5.69 Å². The van der Waals surface area contributed by atoms with E-state index in [9.17, 15) is 20.0 Å². The van der Waals surface area contributed by atoms with Crippen molar-refractivity contribution < 1.29 is 19.2 Å². The van der Waals surface area contributed by atoms with Gasteiger partial charge in [-0.15, -0.1) is 0 Å². The highest BCUT2D eigenvalue weighted by Crippen LogP contribution is 2.21. The van der Waals surface area contributed by atoms with Crippen molar-refractivity contribution in [2.45, 2.75) is 0 Å². The molecule has 0 spiro atoms. The molecule has 0 saturated carbocycles. The average molecular weight is 317 g/mol. The summed E-state index contributed by atoms with van der Waals surface area (Å²) >= 11 is 0. The quantitative estimate of drug-likeness (QED) is 0.685. The van der Waals surface area contributed by atoms with Crippen molar-refractivity contribution in [3.63, 3.8) is 0 Å². The fourth-order valence-electron chi connectivity index (χ4n) is 2.53. The number of benzene rings is 1. The van der Waals surface area contributed by atoms with Gasteiger partial charge in [0.15, 0.2) is 5.76 Å². The lowest BCUT2D eigenvalue weighted by molar-refractivity contribution is -0.402. The summed E-state index contributed by atoms with van der Waals surface area (Å²) in [5.41, 5.74) is 0.975. The molecule has 0 aliphatic carbocycles. The van der Waals surface area contributed by atoms with Crippen LogP contribution in [0.1, 0.15) is 10.6 Å². The van der Waals surface area contributed by atoms with E-state index in [0.29, 0.717) is 26.2 Å². The molecule has 0 unspecified atom stereocenters. The molecule has 8 nitrogen and oxygen atoms in total. The molecule has 3 rings (SSSR count). The number of phenolic OH excluding ortho intramolecular Hbond substituents is 1. The van der Waals surface area contributed by atoms with Gasteiger partial charge in [-0.3, -0.25) is 14.9 Å². The molecule has 1 amide bonds. The van der Waals surface area contributed by atoms with Crippen LogP contribution < -0.4 is 4.90 Å². The third kappa shape index (κ3) is 3.10. The molecule has 1 fully saturated rings. The normalized spacial score (nSPS) is 14.8. The smallest absolute Gasteiger partial charge is 0.433 e. The Morgan fingerprint density at radius 3 is 2.30 bits per heavy atom. The lowest BCUT2D eigenvalue weighted by Gasteiger charge is -2.35. The molecule has 0 bridgehead atoms. The molecular weight excluding hydrogens is 302 g/mol. The predicted molar refractivity (Wildman–Crippen MR) is 81.6 cm³/mol. The second-order valence-electron chi connectivity index (χ2n) is 5.19. The van der Waals surface area contributed by atoms with Crippen LogP contribution in [0.3, 0.4) is 0 Å². The minimum atomic E-state index is -0.667. The summed E-state index contributed by atoms with van der Waals surface area (Å²) in [4.78, 5) is 25.9. The molecule has 1 saturated heterocycles. The van der Waals surface area contributed by atoms with Gasteiger partial charge in [0.2, 0.25) is 0 Å². The van der Waals surface area contributed by atoms with Gasteiger partial charge < -0.3 is 19.3 Å². The second kappa shape index (κ2) is 5.99. The van der Waals surface area contributed by atoms with Crippen LogP contribution >= 0.6 is 0 Å². The fourth-order valence-corrected chi connectivity index (χ4v) is 2.53. The molecule has 2 heterocycles. The predicted octanol–water partition coefficient (Wildman–Crippen LogP) is 1.86. The number of anilines is 1. The maximum atomic E-state index is 12.3. The summed E-state index contributed by atoms with van der Waals surface area (Å²) in [5, 5.41) is 19.9. The van der Waals surface area contributed by atoms with Crippen molar-refractivity contribution in [2.75, 3.05) is 31.1 Å². The SMILES string of the molecule is O=C(c1ccc([N+](=O)[O-])o1)N1CCN(c2ccc(O)cc2)CC1. The first-order valence-corrected chi connectivity index (χ1v) is 7.12. The van der Waals surface area contributed by atoms with Crippen LogP contribution in [0.5, 0.6) is 5.75 Å². The summed E-state index contributed by atoms with van der Waals surface area (Å²) < 4.78 is 4.95. The van der Waals surface area contributed by atoms with Crippen molar-refractivity contribution >= 4 is 17.5 Å². The van der Waals surface area contributed by atoms with Gasteiger partial charge >= 0.3 is 5.88 Å². The summed E-state index contributed by atoms with van der Waals surface area (Å²) in [6.07, 6.45) is 0. The minimum Gasteiger partial charge on any atom is -0.508 e. The Kier molecular flexibility index (Phi) is 3.88. The minimum absolute atomic E-state index is 0.0187. The molecular formula is C15H15N3O5. The second-order valence-corrected chi connectivity index (χ2v) is 5.19. The first-order chi connectivity index (χ1) is 11.0. The molecule has 8 heteroatoms. The number of carbonyl (C=O) groups excluding carboxylic acids is 1. The van der Waals surface area contributed by atoms with Gasteiger partial charge in [-0.05, 0) is 30.3 Å². The van der Waals surface area contributed by atoms with Crippen molar-refractivity contribution in [1.29, 1.82) is 0 Å². The zero-order chi connectivity index (χ0) is 16.4. The summed E-state index contributed by atoms with van der Waals surface area (Å²) in [6.45, 7) is 2.26. The number of piperazine rings is 1. The zero-order valence-electron chi connectivity index (χ0n) is 12.2. The van der Waals surface area contributed by atoms with E-state index >= 15 is 0 Å². The van der Waals surface area contributed by atoms with Crippen molar-refractivity contribution in [1.82, 2.24) is 4.90 Å². The van der Waals surface area contributed by atoms with Crippen LogP contribution in [-0.2, 0) is 0 Å². The van der Waals surface area contributed by atoms with Crippen LogP contribution in [0.2, 0.25) is 0 Å². The van der Waals surface area contributed by atoms with Crippen molar-refractivity contribution in [3.05, 3.63) is 52.3 Å². The van der Waals surface area contributed by atoms with Gasteiger partial charge in [0.05, 0.1) is 6.07 Å². The van der Waals surface area contributed by atoms with E-state index in [1.165, 1.54) is 12.1 Å². The van der Waals surface area contributed by atoms with E-state index in [4.69, 9.17) is 4.42 Å². The van der Waals surface area contributed by atoms with Crippen LogP contribution in [0.15, 0.2) is 40.8 Å². The van der Waals surface area contributed by atoms with Crippen LogP contribution in [-0.4, -0.2) is 47.0 Å². The van der Waals surface area contributed by atoms with Gasteiger partial charge in [0.25, 0.3) is 5.91 Å². The lowest BCUT2D eigenvalue weighted by Crippen LogP contribution is -2.48. The highest BCUT2D eigenvalue weighted by Gasteiger charge is 2.26. The number of amides is 1. The van der Waals surface area contributed by atoms with Gasteiger partial charge in [0.1, 0.15) is 10.7 Å². The molecule has 1 N–H and O–H groups in total. The van der Waals surface area contributed by atoms with Gasteiger partial charge in [-0.2, -0.15) is 0 Å². The maximum absolute atomic E-state index is 12.3. The van der Waals surface area contributed by atoms with E-state index in [2.05, 4.69) is 4.90 Å². The number of furan rings is 1. The number of nitrogens with zero attached hydrogens (tertiary/aromatic N) is 3. The summed E-state index contributed by atoms with van der Waals surface area (Å²) in [5.74, 6) is -0.587. The number of rotatable bonds is 3. The largest absolute Gasteiger partial charge is 0.508 e. The summed E-state index contributed by atoms with van der Waals surface area (Å²) in [7, 11) is 0. The number of phenols is 1. The van der Waals surface area contributed by atoms with Crippen molar-refractivity contribution in [2.24, 2.45) is 0 Å². The molecule has 23 heavy (non-hydrogen) atoms. The number of hydrogen-bond donors (Lipinski definition) is 1. The topological polar surface area (TPSA) is 100 Å². The number of aromatic hydroxyl groups is 1. The Labute approximate surface area is 131 Å². The summed E-state index contributed by atoms with van der Waals surface area (Å²) in [6, 6.07) is 9.39. The molecule has 1 aliphatic rings. The van der Waals surface area contributed by atoms with E-state index in [-0.39, 0.29) is 17.4 Å². The Morgan fingerprint density at radius 1 is 1.09 bits per heavy atom. The fraction of sp³-hybridized carbons (Fsp3) is 0.267. The van der Waals surface area contributed by atoms with Crippen molar-refractivity contribution in [3.8, 4) is 5.75 Å². The number of carbonyl (C=O) groups is 1. The van der Waals surface area contributed by atoms with Gasteiger partial charge in [0, 0.05) is 31.9 Å². The number of hydrogen-bond acceptors (Lipinski definition) is 6.